The lowest BCUT2D eigenvalue weighted by Gasteiger charge is -2.37. The number of nitrogens with zero attached hydrogens (tertiary/aromatic N) is 2. The Morgan fingerprint density at radius 1 is 0.950 bits per heavy atom. The molecule has 2 aromatic carbocycles. The number of nitrogens with one attached hydrogen (secondary N) is 1. The first-order valence-electron chi connectivity index (χ1n) is 14.2. The first-order valence-corrected chi connectivity index (χ1v) is 16.4. The van der Waals surface area contributed by atoms with Gasteiger partial charge < -0.3 is 9.80 Å². The maximum atomic E-state index is 13.5. The zero-order chi connectivity index (χ0) is 28.5. The standard InChI is InChI=1S/C30H37Cl2N3O4S/c1-30(20-34-13-2-3-14-34)12-4-6-26(30)28(36)19-35-15-5-7-27(29(35)37)33-40(38,39)25-10-8-21(9-11-25)22-16-23(31)18-24(32)17-22/h8-11,16-18,26-27,33H,2-7,12-15,19-20H2,1H3/t26?,27-,30-/m0/s1. The molecule has 1 unspecified atom stereocenters. The lowest BCUT2D eigenvalue weighted by Crippen LogP contribution is -2.54. The van der Waals surface area contributed by atoms with E-state index >= 15 is 0 Å². The average molecular weight is 607 g/mol. The minimum atomic E-state index is -3.95. The molecule has 10 heteroatoms. The quantitative estimate of drug-likeness (QED) is 0.413. The van der Waals surface area contributed by atoms with Crippen molar-refractivity contribution in [1.82, 2.24) is 14.5 Å². The third-order valence-corrected chi connectivity index (χ3v) is 10.7. The second kappa shape index (κ2) is 12.1. The van der Waals surface area contributed by atoms with Gasteiger partial charge in [0.15, 0.2) is 5.78 Å². The fraction of sp³-hybridized carbons (Fsp3) is 0.533. The molecule has 2 heterocycles. The van der Waals surface area contributed by atoms with Crippen molar-refractivity contribution in [2.24, 2.45) is 11.3 Å². The van der Waals surface area contributed by atoms with Crippen LogP contribution >= 0.6 is 23.2 Å². The predicted octanol–water partition coefficient (Wildman–Crippen LogP) is 5.40. The molecule has 2 saturated heterocycles. The Hall–Kier alpha value is -1.97. The van der Waals surface area contributed by atoms with Gasteiger partial charge >= 0.3 is 0 Å². The van der Waals surface area contributed by atoms with Crippen LogP contribution in [0.15, 0.2) is 47.4 Å². The summed E-state index contributed by atoms with van der Waals surface area (Å²) < 4.78 is 29.0. The molecule has 3 fully saturated rings. The van der Waals surface area contributed by atoms with Crippen LogP contribution in [0.5, 0.6) is 0 Å². The van der Waals surface area contributed by atoms with Gasteiger partial charge in [-0.25, -0.2) is 8.42 Å². The van der Waals surface area contributed by atoms with Gasteiger partial charge in [0.05, 0.1) is 11.4 Å². The summed E-state index contributed by atoms with van der Waals surface area (Å²) in [7, 11) is -3.95. The van der Waals surface area contributed by atoms with Gasteiger partial charge in [0, 0.05) is 29.1 Å². The number of hydrogen-bond acceptors (Lipinski definition) is 5. The van der Waals surface area contributed by atoms with Gasteiger partial charge in [-0.05, 0) is 98.5 Å². The number of ketones is 1. The zero-order valence-corrected chi connectivity index (χ0v) is 25.2. The number of hydrogen-bond donors (Lipinski definition) is 1. The SMILES string of the molecule is C[C@@]1(CN2CCCC2)CCCC1C(=O)CN1CCC[C@H](NS(=O)(=O)c2ccc(-c3cc(Cl)cc(Cl)c3)cc2)C1=O. The summed E-state index contributed by atoms with van der Waals surface area (Å²) in [6, 6.07) is 10.6. The number of benzene rings is 2. The van der Waals surface area contributed by atoms with Crippen LogP contribution in [0.1, 0.15) is 51.9 Å². The molecule has 3 atom stereocenters. The fourth-order valence-corrected chi connectivity index (χ4v) is 8.48. The minimum Gasteiger partial charge on any atom is -0.334 e. The molecule has 1 amide bonds. The second-order valence-corrected chi connectivity index (χ2v) is 14.4. The molecule has 2 aromatic rings. The van der Waals surface area contributed by atoms with E-state index in [1.54, 1.807) is 35.2 Å². The molecule has 1 aliphatic carbocycles. The third-order valence-electron chi connectivity index (χ3n) is 8.79. The number of piperidine rings is 1. The smallest absolute Gasteiger partial charge is 0.241 e. The fourth-order valence-electron chi connectivity index (χ4n) is 6.73. The highest BCUT2D eigenvalue weighted by Crippen LogP contribution is 2.45. The van der Waals surface area contributed by atoms with Crippen LogP contribution in [0.2, 0.25) is 10.0 Å². The number of rotatable bonds is 9. The summed E-state index contributed by atoms with van der Waals surface area (Å²) in [4.78, 5) is 30.9. The van der Waals surface area contributed by atoms with Crippen molar-refractivity contribution in [2.45, 2.75) is 62.8 Å². The molecule has 0 spiro atoms. The molecular weight excluding hydrogens is 569 g/mol. The van der Waals surface area contributed by atoms with Crippen molar-refractivity contribution in [1.29, 1.82) is 0 Å². The summed E-state index contributed by atoms with van der Waals surface area (Å²) in [5.41, 5.74) is 1.48. The second-order valence-electron chi connectivity index (χ2n) is 11.8. The van der Waals surface area contributed by atoms with Gasteiger partial charge in [-0.2, -0.15) is 4.72 Å². The molecule has 1 saturated carbocycles. The van der Waals surface area contributed by atoms with Crippen LogP contribution < -0.4 is 4.72 Å². The number of sulfonamides is 1. The Labute approximate surface area is 247 Å². The van der Waals surface area contributed by atoms with Crippen LogP contribution in [0.4, 0.5) is 0 Å². The van der Waals surface area contributed by atoms with Crippen LogP contribution in [-0.4, -0.2) is 68.7 Å². The molecule has 2 aliphatic heterocycles. The number of Topliss-reactive ketones (excluding diaryl/α,β-unsaturated/α-hetero) is 1. The van der Waals surface area contributed by atoms with Gasteiger partial charge in [-0.15, -0.1) is 0 Å². The number of carbonyl (C=O) groups excluding carboxylic acids is 2. The van der Waals surface area contributed by atoms with Gasteiger partial charge in [-0.1, -0.05) is 48.7 Å². The Balaban J connectivity index is 1.22. The van der Waals surface area contributed by atoms with E-state index in [1.165, 1.54) is 25.0 Å². The van der Waals surface area contributed by atoms with Crippen molar-refractivity contribution < 1.29 is 18.0 Å². The molecule has 0 bridgehead atoms. The highest BCUT2D eigenvalue weighted by Gasteiger charge is 2.45. The molecule has 216 valence electrons. The van der Waals surface area contributed by atoms with E-state index in [0.29, 0.717) is 29.4 Å². The van der Waals surface area contributed by atoms with Crippen LogP contribution in [0.25, 0.3) is 11.1 Å². The topological polar surface area (TPSA) is 86.8 Å². The maximum Gasteiger partial charge on any atom is 0.241 e. The van der Waals surface area contributed by atoms with E-state index in [9.17, 15) is 18.0 Å². The van der Waals surface area contributed by atoms with Crippen LogP contribution in [0, 0.1) is 11.3 Å². The van der Waals surface area contributed by atoms with Crippen molar-refractivity contribution in [2.75, 3.05) is 32.7 Å². The molecule has 1 N–H and O–H groups in total. The van der Waals surface area contributed by atoms with E-state index in [1.807, 2.05) is 0 Å². The lowest BCUT2D eigenvalue weighted by molar-refractivity contribution is -0.141. The minimum absolute atomic E-state index is 0.0498. The van der Waals surface area contributed by atoms with Crippen LogP contribution in [-0.2, 0) is 19.6 Å². The summed E-state index contributed by atoms with van der Waals surface area (Å²) in [5.74, 6) is -0.286. The van der Waals surface area contributed by atoms with Crippen molar-refractivity contribution in [3.63, 3.8) is 0 Å². The first-order chi connectivity index (χ1) is 19.0. The van der Waals surface area contributed by atoms with Crippen LogP contribution in [0.3, 0.4) is 0 Å². The molecule has 0 aromatic heterocycles. The lowest BCUT2D eigenvalue weighted by atomic mass is 9.76. The van der Waals surface area contributed by atoms with E-state index in [0.717, 1.165) is 50.0 Å². The third kappa shape index (κ3) is 6.57. The summed E-state index contributed by atoms with van der Waals surface area (Å²) in [6.07, 6.45) is 6.39. The highest BCUT2D eigenvalue weighted by molar-refractivity contribution is 7.89. The van der Waals surface area contributed by atoms with E-state index in [4.69, 9.17) is 23.2 Å². The van der Waals surface area contributed by atoms with Crippen molar-refractivity contribution in [3.8, 4) is 11.1 Å². The van der Waals surface area contributed by atoms with Crippen molar-refractivity contribution >= 4 is 44.9 Å². The molecular formula is C30H37Cl2N3O4S. The zero-order valence-electron chi connectivity index (χ0n) is 22.9. The first kappa shape index (κ1) is 29.5. The van der Waals surface area contributed by atoms with E-state index in [2.05, 4.69) is 16.5 Å². The predicted molar refractivity (Wildman–Crippen MR) is 158 cm³/mol. The van der Waals surface area contributed by atoms with Crippen molar-refractivity contribution in [3.05, 3.63) is 52.5 Å². The highest BCUT2D eigenvalue weighted by atomic mass is 35.5. The molecule has 5 rings (SSSR count). The monoisotopic (exact) mass is 605 g/mol. The number of likely N-dealkylation sites (tertiary alicyclic amines) is 2. The Morgan fingerprint density at radius 2 is 1.62 bits per heavy atom. The largest absolute Gasteiger partial charge is 0.334 e. The molecule has 0 radical (unpaired) electrons. The average Bonchev–Trinajstić information content (AvgIpc) is 3.55. The van der Waals surface area contributed by atoms with Gasteiger partial charge in [0.2, 0.25) is 15.9 Å². The number of carbonyl (C=O) groups is 2. The Morgan fingerprint density at radius 3 is 2.30 bits per heavy atom. The number of amides is 1. The Bertz CT molecular complexity index is 1340. The van der Waals surface area contributed by atoms with E-state index in [-0.39, 0.29) is 34.5 Å². The summed E-state index contributed by atoms with van der Waals surface area (Å²) >= 11 is 12.2. The molecule has 3 aliphatic rings. The van der Waals surface area contributed by atoms with Gasteiger partial charge in [0.25, 0.3) is 0 Å². The van der Waals surface area contributed by atoms with E-state index < -0.39 is 16.1 Å². The van der Waals surface area contributed by atoms with Gasteiger partial charge in [0.1, 0.15) is 6.04 Å². The summed E-state index contributed by atoms with van der Waals surface area (Å²) in [6.45, 7) is 5.87. The Kier molecular flexibility index (Phi) is 8.93. The molecule has 40 heavy (non-hydrogen) atoms. The number of halogens is 2. The summed E-state index contributed by atoms with van der Waals surface area (Å²) in [5, 5.41) is 0.979. The normalized spacial score (nSPS) is 26.0. The molecule has 7 nitrogen and oxygen atoms in total. The van der Waals surface area contributed by atoms with Gasteiger partial charge in [-0.3, -0.25) is 9.59 Å². The maximum absolute atomic E-state index is 13.5.